The van der Waals surface area contributed by atoms with E-state index >= 15 is 0 Å². The van der Waals surface area contributed by atoms with Crippen molar-refractivity contribution in [3.8, 4) is 0 Å². The Morgan fingerprint density at radius 1 is 1.19 bits per heavy atom. The maximum atomic E-state index is 12.0. The molecule has 0 unspecified atom stereocenters. The molecule has 2 rings (SSSR count). The number of benzene rings is 1. The highest BCUT2D eigenvalue weighted by Gasteiger charge is 2.17. The average molecular weight is 307 g/mol. The van der Waals surface area contributed by atoms with Crippen LogP contribution in [0.1, 0.15) is 15.9 Å². The van der Waals surface area contributed by atoms with Gasteiger partial charge >= 0.3 is 5.97 Å². The van der Waals surface area contributed by atoms with E-state index < -0.39 is 10.8 Å². The normalized spacial score (nSPS) is 16.1. The van der Waals surface area contributed by atoms with Crippen molar-refractivity contribution in [3.05, 3.63) is 41.5 Å². The summed E-state index contributed by atoms with van der Waals surface area (Å²) in [5.74, 6) is 0.632. The number of hydrogen-bond donors (Lipinski definition) is 0. The molecule has 0 spiro atoms. The molecule has 1 aliphatic rings. The second kappa shape index (κ2) is 7.17. The Kier molecular flexibility index (Phi) is 5.27. The van der Waals surface area contributed by atoms with Crippen LogP contribution >= 0.6 is 0 Å². The number of amides is 1. The Morgan fingerprint density at radius 2 is 1.81 bits per heavy atom. The molecule has 0 atom stereocenters. The summed E-state index contributed by atoms with van der Waals surface area (Å²) in [7, 11) is 0.546. The van der Waals surface area contributed by atoms with Crippen LogP contribution in [0.5, 0.6) is 0 Å². The molecule has 1 fully saturated rings. The first-order chi connectivity index (χ1) is 10.1. The zero-order valence-corrected chi connectivity index (χ0v) is 12.6. The third-order valence-corrected chi connectivity index (χ3v) is 4.52. The summed E-state index contributed by atoms with van der Waals surface area (Å²) in [6.45, 7) is 1.08. The third-order valence-electron chi connectivity index (χ3n) is 3.24. The van der Waals surface area contributed by atoms with Crippen LogP contribution in [-0.4, -0.2) is 52.7 Å². The Labute approximate surface area is 126 Å². The Morgan fingerprint density at radius 3 is 2.38 bits per heavy atom. The molecule has 1 amide bonds. The predicted molar refractivity (Wildman–Crippen MR) is 81.3 cm³/mol. The summed E-state index contributed by atoms with van der Waals surface area (Å²) < 4.78 is 15.9. The second-order valence-electron chi connectivity index (χ2n) is 4.62. The van der Waals surface area contributed by atoms with E-state index in [1.54, 1.807) is 35.2 Å². The number of hydrogen-bond acceptors (Lipinski definition) is 4. The third kappa shape index (κ3) is 4.26. The van der Waals surface area contributed by atoms with Gasteiger partial charge in [0.05, 0.1) is 12.7 Å². The average Bonchev–Trinajstić information content (AvgIpc) is 2.53. The summed E-state index contributed by atoms with van der Waals surface area (Å²) in [5.41, 5.74) is 1.30. The largest absolute Gasteiger partial charge is 0.465 e. The SMILES string of the molecule is COC(=O)c1ccc(/C=C\C(=O)N2CCS(=O)CC2)cc1. The minimum atomic E-state index is -0.787. The van der Waals surface area contributed by atoms with E-state index in [1.807, 2.05) is 0 Å². The van der Waals surface area contributed by atoms with Gasteiger partial charge in [-0.25, -0.2) is 4.79 Å². The zero-order chi connectivity index (χ0) is 15.2. The molecule has 0 radical (unpaired) electrons. The Balaban J connectivity index is 1.95. The molecule has 0 bridgehead atoms. The number of carbonyl (C=O) groups excluding carboxylic acids is 2. The van der Waals surface area contributed by atoms with Crippen LogP contribution < -0.4 is 0 Å². The molecule has 5 nitrogen and oxygen atoms in total. The molecule has 1 aliphatic heterocycles. The zero-order valence-electron chi connectivity index (χ0n) is 11.8. The molecule has 1 aromatic rings. The molecule has 21 heavy (non-hydrogen) atoms. The lowest BCUT2D eigenvalue weighted by atomic mass is 10.1. The number of rotatable bonds is 3. The van der Waals surface area contributed by atoms with Crippen molar-refractivity contribution >= 4 is 28.8 Å². The highest BCUT2D eigenvalue weighted by molar-refractivity contribution is 7.85. The molecule has 1 aromatic carbocycles. The van der Waals surface area contributed by atoms with Crippen molar-refractivity contribution in [1.82, 2.24) is 4.90 Å². The van der Waals surface area contributed by atoms with Gasteiger partial charge in [0.15, 0.2) is 0 Å². The van der Waals surface area contributed by atoms with E-state index in [-0.39, 0.29) is 11.9 Å². The van der Waals surface area contributed by atoms with Crippen molar-refractivity contribution in [2.24, 2.45) is 0 Å². The fraction of sp³-hybridized carbons (Fsp3) is 0.333. The predicted octanol–water partition coefficient (Wildman–Crippen LogP) is 1.08. The van der Waals surface area contributed by atoms with Crippen LogP contribution in [0.2, 0.25) is 0 Å². The van der Waals surface area contributed by atoms with Gasteiger partial charge < -0.3 is 9.64 Å². The number of methoxy groups -OCH3 is 1. The van der Waals surface area contributed by atoms with E-state index in [2.05, 4.69) is 4.74 Å². The summed E-state index contributed by atoms with van der Waals surface area (Å²) in [6.07, 6.45) is 3.20. The lowest BCUT2D eigenvalue weighted by Crippen LogP contribution is -2.40. The fourth-order valence-electron chi connectivity index (χ4n) is 1.98. The molecular weight excluding hydrogens is 290 g/mol. The van der Waals surface area contributed by atoms with Crippen LogP contribution in [0, 0.1) is 0 Å². The van der Waals surface area contributed by atoms with Gasteiger partial charge in [-0.3, -0.25) is 9.00 Å². The molecular formula is C15H17NO4S. The quantitative estimate of drug-likeness (QED) is 0.619. The molecule has 112 valence electrons. The van der Waals surface area contributed by atoms with Crippen LogP contribution in [0.15, 0.2) is 30.3 Å². The summed E-state index contributed by atoms with van der Waals surface area (Å²) in [5, 5.41) is 0. The van der Waals surface area contributed by atoms with Crippen molar-refractivity contribution in [2.75, 3.05) is 31.7 Å². The van der Waals surface area contributed by atoms with Crippen LogP contribution in [0.25, 0.3) is 6.08 Å². The van der Waals surface area contributed by atoms with Gasteiger partial charge in [0.25, 0.3) is 0 Å². The first-order valence-corrected chi connectivity index (χ1v) is 8.09. The summed E-state index contributed by atoms with van der Waals surface area (Å²) in [6, 6.07) is 6.81. The van der Waals surface area contributed by atoms with Gasteiger partial charge in [-0.2, -0.15) is 0 Å². The molecule has 0 aliphatic carbocycles. The lowest BCUT2D eigenvalue weighted by Gasteiger charge is -2.24. The van der Waals surface area contributed by atoms with E-state index in [1.165, 1.54) is 13.2 Å². The van der Waals surface area contributed by atoms with Gasteiger partial charge in [-0.1, -0.05) is 12.1 Å². The van der Waals surface area contributed by atoms with Gasteiger partial charge in [0.2, 0.25) is 5.91 Å². The Bertz CT molecular complexity index is 570. The highest BCUT2D eigenvalue weighted by atomic mass is 32.2. The van der Waals surface area contributed by atoms with E-state index in [0.717, 1.165) is 5.56 Å². The van der Waals surface area contributed by atoms with Crippen molar-refractivity contribution in [3.63, 3.8) is 0 Å². The molecule has 0 aromatic heterocycles. The first kappa shape index (κ1) is 15.4. The van der Waals surface area contributed by atoms with Crippen LogP contribution in [0.4, 0.5) is 0 Å². The number of ether oxygens (including phenoxy) is 1. The summed E-state index contributed by atoms with van der Waals surface area (Å²) in [4.78, 5) is 25.0. The maximum absolute atomic E-state index is 12.0. The van der Waals surface area contributed by atoms with E-state index in [9.17, 15) is 13.8 Å². The van der Waals surface area contributed by atoms with Crippen LogP contribution in [0.3, 0.4) is 0 Å². The number of esters is 1. The van der Waals surface area contributed by atoms with Crippen LogP contribution in [-0.2, 0) is 20.3 Å². The summed E-state index contributed by atoms with van der Waals surface area (Å²) >= 11 is 0. The standard InChI is InChI=1S/C15H17NO4S/c1-20-15(18)13-5-2-12(3-6-13)4-7-14(17)16-8-10-21(19)11-9-16/h2-7H,8-11H2,1H3/b7-4-. The number of carbonyl (C=O) groups is 2. The lowest BCUT2D eigenvalue weighted by molar-refractivity contribution is -0.125. The minimum Gasteiger partial charge on any atom is -0.465 e. The van der Waals surface area contributed by atoms with Gasteiger partial charge in [-0.15, -0.1) is 0 Å². The van der Waals surface area contributed by atoms with Gasteiger partial charge in [-0.05, 0) is 23.8 Å². The molecule has 1 saturated heterocycles. The first-order valence-electron chi connectivity index (χ1n) is 6.60. The van der Waals surface area contributed by atoms with E-state index in [4.69, 9.17) is 0 Å². The topological polar surface area (TPSA) is 63.7 Å². The molecule has 0 N–H and O–H groups in total. The maximum Gasteiger partial charge on any atom is 0.337 e. The van der Waals surface area contributed by atoms with E-state index in [0.29, 0.717) is 30.2 Å². The van der Waals surface area contributed by atoms with Crippen molar-refractivity contribution < 1.29 is 18.5 Å². The molecule has 1 heterocycles. The monoisotopic (exact) mass is 307 g/mol. The fourth-order valence-corrected chi connectivity index (χ4v) is 3.03. The highest BCUT2D eigenvalue weighted by Crippen LogP contribution is 2.08. The van der Waals surface area contributed by atoms with Gasteiger partial charge in [0.1, 0.15) is 0 Å². The number of nitrogens with zero attached hydrogens (tertiary/aromatic N) is 1. The van der Waals surface area contributed by atoms with Gasteiger partial charge in [0, 0.05) is 41.5 Å². The molecule has 6 heteroatoms. The second-order valence-corrected chi connectivity index (χ2v) is 6.32. The molecule has 0 saturated carbocycles. The Hall–Kier alpha value is -1.95. The smallest absolute Gasteiger partial charge is 0.337 e. The van der Waals surface area contributed by atoms with Crippen molar-refractivity contribution in [1.29, 1.82) is 0 Å². The van der Waals surface area contributed by atoms with Crippen molar-refractivity contribution in [2.45, 2.75) is 0 Å². The minimum absolute atomic E-state index is 0.0799.